The Bertz CT molecular complexity index is 525. The smallest absolute Gasteiger partial charge is 0.191 e. The molecule has 1 aromatic carbocycles. The molecule has 1 fully saturated rings. The van der Waals surface area contributed by atoms with Crippen LogP contribution in [0.15, 0.2) is 29.3 Å². The van der Waals surface area contributed by atoms with E-state index in [4.69, 9.17) is 9.47 Å². The Morgan fingerprint density at radius 2 is 2.04 bits per heavy atom. The van der Waals surface area contributed by atoms with Crippen molar-refractivity contribution in [1.82, 2.24) is 10.6 Å². The van der Waals surface area contributed by atoms with Crippen molar-refractivity contribution in [3.8, 4) is 0 Å². The fourth-order valence-corrected chi connectivity index (χ4v) is 3.00. The standard InChI is InChI=1S/C19H31N3O3/c1-3-20-18(22-14-19(8-10-23)9-11-25-15-19)21-12-16-4-6-17(7-5-16)13-24-2/h4-7,23H,3,8-15H2,1-2H3,(H2,20,21,22). The minimum atomic E-state index is 0.00669. The van der Waals surface area contributed by atoms with Gasteiger partial charge in [0.1, 0.15) is 0 Å². The Morgan fingerprint density at radius 1 is 1.28 bits per heavy atom. The van der Waals surface area contributed by atoms with E-state index in [1.807, 2.05) is 0 Å². The lowest BCUT2D eigenvalue weighted by molar-refractivity contribution is 0.127. The molecule has 0 amide bonds. The minimum absolute atomic E-state index is 0.00669. The second kappa shape index (κ2) is 10.4. The number of benzene rings is 1. The molecule has 0 aromatic heterocycles. The molecule has 1 atom stereocenters. The largest absolute Gasteiger partial charge is 0.396 e. The van der Waals surface area contributed by atoms with Gasteiger partial charge in [0.2, 0.25) is 0 Å². The molecule has 1 aliphatic rings. The van der Waals surface area contributed by atoms with E-state index in [-0.39, 0.29) is 12.0 Å². The lowest BCUT2D eigenvalue weighted by Gasteiger charge is -2.27. The lowest BCUT2D eigenvalue weighted by atomic mass is 9.84. The quantitative estimate of drug-likeness (QED) is 0.467. The van der Waals surface area contributed by atoms with Crippen LogP contribution >= 0.6 is 0 Å². The highest BCUT2D eigenvalue weighted by Crippen LogP contribution is 2.31. The van der Waals surface area contributed by atoms with Gasteiger partial charge >= 0.3 is 0 Å². The summed E-state index contributed by atoms with van der Waals surface area (Å²) in [5, 5.41) is 16.0. The molecule has 1 heterocycles. The number of hydrogen-bond acceptors (Lipinski definition) is 4. The molecule has 0 radical (unpaired) electrons. The average molecular weight is 349 g/mol. The van der Waals surface area contributed by atoms with E-state index < -0.39 is 0 Å². The number of methoxy groups -OCH3 is 1. The summed E-state index contributed by atoms with van der Waals surface area (Å²) in [6, 6.07) is 8.31. The summed E-state index contributed by atoms with van der Waals surface area (Å²) in [4.78, 5) is 4.67. The van der Waals surface area contributed by atoms with Crippen LogP contribution in [0.2, 0.25) is 0 Å². The highest BCUT2D eigenvalue weighted by molar-refractivity contribution is 5.79. The maximum Gasteiger partial charge on any atom is 0.191 e. The number of rotatable bonds is 9. The summed E-state index contributed by atoms with van der Waals surface area (Å²) in [5.41, 5.74) is 2.32. The zero-order valence-corrected chi connectivity index (χ0v) is 15.4. The number of hydrogen-bond donors (Lipinski definition) is 3. The van der Waals surface area contributed by atoms with E-state index in [2.05, 4.69) is 46.8 Å². The first-order valence-electron chi connectivity index (χ1n) is 8.99. The van der Waals surface area contributed by atoms with Gasteiger partial charge in [-0.3, -0.25) is 0 Å². The van der Waals surface area contributed by atoms with E-state index in [9.17, 15) is 5.11 Å². The first-order chi connectivity index (χ1) is 12.2. The van der Waals surface area contributed by atoms with E-state index in [0.29, 0.717) is 19.8 Å². The topological polar surface area (TPSA) is 75.1 Å². The van der Waals surface area contributed by atoms with Gasteiger partial charge in [-0.1, -0.05) is 24.3 Å². The van der Waals surface area contributed by atoms with Gasteiger partial charge in [0.15, 0.2) is 5.96 Å². The predicted octanol–water partition coefficient (Wildman–Crippen LogP) is 1.68. The molecule has 140 valence electrons. The van der Waals surface area contributed by atoms with Gasteiger partial charge in [-0.2, -0.15) is 0 Å². The van der Waals surface area contributed by atoms with Gasteiger partial charge < -0.3 is 25.2 Å². The fraction of sp³-hybridized carbons (Fsp3) is 0.632. The number of nitrogens with zero attached hydrogens (tertiary/aromatic N) is 1. The number of guanidine groups is 1. The first-order valence-corrected chi connectivity index (χ1v) is 8.99. The van der Waals surface area contributed by atoms with Crippen LogP contribution in [0.1, 0.15) is 30.9 Å². The molecule has 1 unspecified atom stereocenters. The Kier molecular flexibility index (Phi) is 8.18. The van der Waals surface area contributed by atoms with E-state index in [1.54, 1.807) is 7.11 Å². The molecule has 0 saturated carbocycles. The monoisotopic (exact) mass is 349 g/mol. The van der Waals surface area contributed by atoms with E-state index >= 15 is 0 Å². The molecule has 0 aliphatic carbocycles. The van der Waals surface area contributed by atoms with Crippen molar-refractivity contribution in [2.45, 2.75) is 32.9 Å². The molecule has 0 bridgehead atoms. The number of aliphatic imine (C=N–C) groups is 1. The predicted molar refractivity (Wildman–Crippen MR) is 99.5 cm³/mol. The maximum absolute atomic E-state index is 9.33. The van der Waals surface area contributed by atoms with Crippen LogP contribution in [0.3, 0.4) is 0 Å². The SMILES string of the molecule is CCNC(=NCc1ccc(COC)cc1)NCC1(CCO)CCOC1. The Hall–Kier alpha value is -1.63. The van der Waals surface area contributed by atoms with Crippen molar-refractivity contribution in [3.05, 3.63) is 35.4 Å². The van der Waals surface area contributed by atoms with Crippen molar-refractivity contribution in [2.75, 3.05) is 40.0 Å². The van der Waals surface area contributed by atoms with Crippen LogP contribution in [0.25, 0.3) is 0 Å². The lowest BCUT2D eigenvalue weighted by Crippen LogP contribution is -2.44. The fourth-order valence-electron chi connectivity index (χ4n) is 3.00. The highest BCUT2D eigenvalue weighted by atomic mass is 16.5. The summed E-state index contributed by atoms with van der Waals surface area (Å²) < 4.78 is 10.7. The zero-order chi connectivity index (χ0) is 18.0. The van der Waals surface area contributed by atoms with Crippen molar-refractivity contribution < 1.29 is 14.6 Å². The van der Waals surface area contributed by atoms with Crippen LogP contribution in [-0.2, 0) is 22.6 Å². The third-order valence-corrected chi connectivity index (χ3v) is 4.56. The van der Waals surface area contributed by atoms with Crippen LogP contribution in [0, 0.1) is 5.41 Å². The molecular weight excluding hydrogens is 318 g/mol. The third-order valence-electron chi connectivity index (χ3n) is 4.56. The van der Waals surface area contributed by atoms with Crippen LogP contribution in [-0.4, -0.2) is 51.1 Å². The molecule has 1 saturated heterocycles. The van der Waals surface area contributed by atoms with Crippen molar-refractivity contribution >= 4 is 5.96 Å². The number of ether oxygens (including phenoxy) is 2. The second-order valence-corrected chi connectivity index (χ2v) is 6.57. The molecule has 2 rings (SSSR count). The summed E-state index contributed by atoms with van der Waals surface area (Å²) >= 11 is 0. The normalized spacial score (nSPS) is 20.7. The molecular formula is C19H31N3O3. The zero-order valence-electron chi connectivity index (χ0n) is 15.4. The Labute approximate surface area is 150 Å². The minimum Gasteiger partial charge on any atom is -0.396 e. The van der Waals surface area contributed by atoms with Gasteiger partial charge in [-0.05, 0) is 30.9 Å². The van der Waals surface area contributed by atoms with Crippen molar-refractivity contribution in [3.63, 3.8) is 0 Å². The Morgan fingerprint density at radius 3 is 2.64 bits per heavy atom. The van der Waals surface area contributed by atoms with Crippen LogP contribution in [0.5, 0.6) is 0 Å². The van der Waals surface area contributed by atoms with Gasteiger partial charge in [0.05, 0.1) is 19.8 Å². The van der Waals surface area contributed by atoms with Gasteiger partial charge in [-0.25, -0.2) is 4.99 Å². The summed E-state index contributed by atoms with van der Waals surface area (Å²) in [6.07, 6.45) is 1.72. The molecule has 3 N–H and O–H groups in total. The molecule has 25 heavy (non-hydrogen) atoms. The van der Waals surface area contributed by atoms with Gasteiger partial charge in [0.25, 0.3) is 0 Å². The number of aliphatic hydroxyl groups is 1. The molecule has 1 aliphatic heterocycles. The van der Waals surface area contributed by atoms with Crippen LogP contribution < -0.4 is 10.6 Å². The third kappa shape index (κ3) is 6.30. The molecule has 6 heteroatoms. The highest BCUT2D eigenvalue weighted by Gasteiger charge is 2.34. The summed E-state index contributed by atoms with van der Waals surface area (Å²) in [7, 11) is 1.70. The first kappa shape index (κ1) is 19.7. The van der Waals surface area contributed by atoms with E-state index in [1.165, 1.54) is 0 Å². The number of nitrogens with one attached hydrogen (secondary N) is 2. The molecule has 6 nitrogen and oxygen atoms in total. The number of aliphatic hydroxyl groups excluding tert-OH is 1. The second-order valence-electron chi connectivity index (χ2n) is 6.57. The van der Waals surface area contributed by atoms with Crippen LogP contribution in [0.4, 0.5) is 0 Å². The Balaban J connectivity index is 1.93. The van der Waals surface area contributed by atoms with E-state index in [0.717, 1.165) is 49.6 Å². The molecule has 1 aromatic rings. The summed E-state index contributed by atoms with van der Waals surface area (Å²) in [5.74, 6) is 0.799. The molecule has 0 spiro atoms. The average Bonchev–Trinajstić information content (AvgIpc) is 3.08. The maximum atomic E-state index is 9.33. The van der Waals surface area contributed by atoms with Gasteiger partial charge in [-0.15, -0.1) is 0 Å². The van der Waals surface area contributed by atoms with Gasteiger partial charge in [0, 0.05) is 38.8 Å². The van der Waals surface area contributed by atoms with Crippen molar-refractivity contribution in [1.29, 1.82) is 0 Å². The summed E-state index contributed by atoms with van der Waals surface area (Å²) in [6.45, 7) is 6.51. The van der Waals surface area contributed by atoms with Crippen molar-refractivity contribution in [2.24, 2.45) is 10.4 Å².